The molecule has 1 aliphatic carbocycles. The van der Waals surface area contributed by atoms with Crippen LogP contribution in [0.1, 0.15) is 33.6 Å². The van der Waals surface area contributed by atoms with Crippen molar-refractivity contribution >= 4 is 22.8 Å². The number of thioether (sulfide) groups is 1. The first-order chi connectivity index (χ1) is 8.06. The van der Waals surface area contributed by atoms with E-state index in [4.69, 9.17) is 0 Å². The summed E-state index contributed by atoms with van der Waals surface area (Å²) in [7, 11) is 0. The van der Waals surface area contributed by atoms with Gasteiger partial charge in [-0.2, -0.15) is 0 Å². The van der Waals surface area contributed by atoms with Crippen molar-refractivity contribution in [1.29, 1.82) is 0 Å². The monoisotopic (exact) mass is 255 g/mol. The summed E-state index contributed by atoms with van der Waals surface area (Å²) in [5.74, 6) is 1.68. The highest BCUT2D eigenvalue weighted by Gasteiger charge is 2.27. The van der Waals surface area contributed by atoms with Crippen molar-refractivity contribution in [3.63, 3.8) is 0 Å². The molecule has 0 spiro atoms. The molecule has 1 saturated carbocycles. The number of nitrogens with zero attached hydrogens (tertiary/aromatic N) is 1. The summed E-state index contributed by atoms with van der Waals surface area (Å²) in [6.07, 6.45) is 2.26. The molecule has 96 valence electrons. The van der Waals surface area contributed by atoms with Crippen LogP contribution in [0.2, 0.25) is 0 Å². The van der Waals surface area contributed by atoms with E-state index in [9.17, 15) is 4.79 Å². The van der Waals surface area contributed by atoms with E-state index in [-0.39, 0.29) is 11.9 Å². The lowest BCUT2D eigenvalue weighted by Gasteiger charge is -2.14. The Balaban J connectivity index is 1.79. The molecule has 5 heteroatoms. The van der Waals surface area contributed by atoms with Gasteiger partial charge in [0, 0.05) is 11.8 Å². The first-order valence-electron chi connectivity index (χ1n) is 6.33. The zero-order valence-electron chi connectivity index (χ0n) is 10.7. The first kappa shape index (κ1) is 12.7. The average molecular weight is 255 g/mol. The summed E-state index contributed by atoms with van der Waals surface area (Å²) in [6.45, 7) is 6.26. The standard InChI is InChI=1S/C12H21N3OS/c1-7(2)10-6-17-12(15-10)13-8(3)11(16)14-9-4-5-9/h7-10H,4-6H2,1-3H3,(H,13,15)(H,14,16)/t8?,10-/m1/s1. The molecule has 1 unspecified atom stereocenters. The number of amidine groups is 1. The number of carbonyl (C=O) groups is 1. The minimum absolute atomic E-state index is 0.0868. The zero-order valence-corrected chi connectivity index (χ0v) is 11.5. The molecule has 2 rings (SSSR count). The van der Waals surface area contributed by atoms with Crippen LogP contribution in [0.3, 0.4) is 0 Å². The Morgan fingerprint density at radius 1 is 1.41 bits per heavy atom. The lowest BCUT2D eigenvalue weighted by atomic mass is 10.1. The van der Waals surface area contributed by atoms with Crippen molar-refractivity contribution in [1.82, 2.24) is 10.6 Å². The largest absolute Gasteiger partial charge is 0.353 e. The van der Waals surface area contributed by atoms with Crippen LogP contribution in [-0.2, 0) is 4.79 Å². The summed E-state index contributed by atoms with van der Waals surface area (Å²) >= 11 is 1.72. The first-order valence-corrected chi connectivity index (χ1v) is 7.32. The maximum absolute atomic E-state index is 11.8. The minimum Gasteiger partial charge on any atom is -0.353 e. The fourth-order valence-corrected chi connectivity index (χ4v) is 2.87. The van der Waals surface area contributed by atoms with E-state index in [2.05, 4.69) is 29.5 Å². The zero-order chi connectivity index (χ0) is 12.4. The number of carbonyl (C=O) groups excluding carboxylic acids is 1. The molecule has 0 radical (unpaired) electrons. The summed E-state index contributed by atoms with van der Waals surface area (Å²) in [5.41, 5.74) is 0. The molecule has 17 heavy (non-hydrogen) atoms. The van der Waals surface area contributed by atoms with Crippen molar-refractivity contribution in [3.8, 4) is 0 Å². The molecule has 2 atom stereocenters. The maximum Gasteiger partial charge on any atom is 0.242 e. The third-order valence-electron chi connectivity index (χ3n) is 3.10. The summed E-state index contributed by atoms with van der Waals surface area (Å²) < 4.78 is 0. The van der Waals surface area contributed by atoms with Crippen LogP contribution in [-0.4, -0.2) is 35.0 Å². The van der Waals surface area contributed by atoms with Crippen molar-refractivity contribution in [3.05, 3.63) is 0 Å². The lowest BCUT2D eigenvalue weighted by Crippen LogP contribution is -2.44. The van der Waals surface area contributed by atoms with Crippen molar-refractivity contribution in [2.45, 2.75) is 51.7 Å². The molecule has 0 aromatic rings. The van der Waals surface area contributed by atoms with Gasteiger partial charge in [-0.25, -0.2) is 0 Å². The highest BCUT2D eigenvalue weighted by Crippen LogP contribution is 2.22. The fourth-order valence-electron chi connectivity index (χ4n) is 1.61. The summed E-state index contributed by atoms with van der Waals surface area (Å²) in [6, 6.07) is 0.627. The van der Waals surface area contributed by atoms with Gasteiger partial charge in [-0.15, -0.1) is 0 Å². The van der Waals surface area contributed by atoms with E-state index < -0.39 is 0 Å². The topological polar surface area (TPSA) is 53.5 Å². The smallest absolute Gasteiger partial charge is 0.242 e. The Kier molecular flexibility index (Phi) is 3.97. The highest BCUT2D eigenvalue weighted by atomic mass is 32.2. The van der Waals surface area contributed by atoms with Crippen LogP contribution in [0, 0.1) is 5.92 Å². The van der Waals surface area contributed by atoms with E-state index in [1.54, 1.807) is 11.8 Å². The summed E-state index contributed by atoms with van der Waals surface area (Å²) in [5, 5.41) is 7.11. The number of aliphatic imine (C=N–C) groups is 1. The fraction of sp³-hybridized carbons (Fsp3) is 0.833. The Hall–Kier alpha value is -0.710. The van der Waals surface area contributed by atoms with Gasteiger partial charge in [0.1, 0.15) is 6.04 Å². The quantitative estimate of drug-likeness (QED) is 0.798. The van der Waals surface area contributed by atoms with Crippen LogP contribution in [0.4, 0.5) is 0 Å². The van der Waals surface area contributed by atoms with E-state index in [1.807, 2.05) is 6.92 Å². The summed E-state index contributed by atoms with van der Waals surface area (Å²) in [4.78, 5) is 16.4. The molecule has 4 nitrogen and oxygen atoms in total. The van der Waals surface area contributed by atoms with Gasteiger partial charge in [0.15, 0.2) is 5.17 Å². The third kappa shape index (κ3) is 3.63. The number of hydrogen-bond acceptors (Lipinski definition) is 4. The minimum atomic E-state index is -0.187. The molecule has 1 heterocycles. The van der Waals surface area contributed by atoms with E-state index >= 15 is 0 Å². The van der Waals surface area contributed by atoms with Crippen LogP contribution in [0.15, 0.2) is 4.99 Å². The van der Waals surface area contributed by atoms with Gasteiger partial charge in [-0.3, -0.25) is 9.79 Å². The molecule has 1 aliphatic heterocycles. The molecular formula is C12H21N3OS. The van der Waals surface area contributed by atoms with Gasteiger partial charge in [-0.1, -0.05) is 25.6 Å². The van der Waals surface area contributed by atoms with Crippen LogP contribution in [0.5, 0.6) is 0 Å². The Morgan fingerprint density at radius 2 is 2.12 bits per heavy atom. The normalized spacial score (nSPS) is 25.6. The van der Waals surface area contributed by atoms with E-state index in [0.717, 1.165) is 23.8 Å². The third-order valence-corrected chi connectivity index (χ3v) is 4.11. The Bertz CT molecular complexity index is 326. The van der Waals surface area contributed by atoms with Gasteiger partial charge in [0.05, 0.1) is 6.04 Å². The molecule has 1 fully saturated rings. The molecule has 0 aromatic carbocycles. The average Bonchev–Trinajstić information content (AvgIpc) is 2.94. The van der Waals surface area contributed by atoms with Crippen molar-refractivity contribution in [2.75, 3.05) is 5.75 Å². The molecule has 2 N–H and O–H groups in total. The predicted octanol–water partition coefficient (Wildman–Crippen LogP) is 1.37. The number of hydrogen-bond donors (Lipinski definition) is 2. The van der Waals surface area contributed by atoms with E-state index in [1.165, 1.54) is 0 Å². The second-order valence-corrected chi connectivity index (χ2v) is 6.21. The van der Waals surface area contributed by atoms with Crippen molar-refractivity contribution in [2.24, 2.45) is 10.9 Å². The second-order valence-electron chi connectivity index (χ2n) is 5.21. The Labute approximate surface area is 107 Å². The number of rotatable bonds is 4. The van der Waals surface area contributed by atoms with Gasteiger partial charge in [0.25, 0.3) is 0 Å². The Morgan fingerprint density at radius 3 is 2.65 bits per heavy atom. The van der Waals surface area contributed by atoms with Gasteiger partial charge in [0.2, 0.25) is 5.91 Å². The maximum atomic E-state index is 11.8. The highest BCUT2D eigenvalue weighted by molar-refractivity contribution is 8.14. The molecule has 0 saturated heterocycles. The molecule has 0 aromatic heterocycles. The molecule has 0 bridgehead atoms. The SMILES string of the molecule is CC(NC1=N[C@@H](C(C)C)CS1)C(=O)NC1CC1. The number of amides is 1. The van der Waals surface area contributed by atoms with Crippen LogP contribution >= 0.6 is 11.8 Å². The predicted molar refractivity (Wildman–Crippen MR) is 72.3 cm³/mol. The number of nitrogens with one attached hydrogen (secondary N) is 2. The molecule has 2 aliphatic rings. The molecule has 1 amide bonds. The van der Waals surface area contributed by atoms with Gasteiger partial charge in [-0.05, 0) is 25.7 Å². The second kappa shape index (κ2) is 5.29. The van der Waals surface area contributed by atoms with Gasteiger partial charge >= 0.3 is 0 Å². The van der Waals surface area contributed by atoms with Crippen LogP contribution in [0.25, 0.3) is 0 Å². The molecular weight excluding hydrogens is 234 g/mol. The van der Waals surface area contributed by atoms with Crippen molar-refractivity contribution < 1.29 is 4.79 Å². The lowest BCUT2D eigenvalue weighted by molar-refractivity contribution is -0.122. The van der Waals surface area contributed by atoms with E-state index in [0.29, 0.717) is 18.0 Å². The van der Waals surface area contributed by atoms with Crippen LogP contribution < -0.4 is 10.6 Å². The van der Waals surface area contributed by atoms with Gasteiger partial charge < -0.3 is 10.6 Å².